The van der Waals surface area contributed by atoms with E-state index in [1.54, 1.807) is 24.3 Å². The van der Waals surface area contributed by atoms with Gasteiger partial charge in [0.1, 0.15) is 12.4 Å². The van der Waals surface area contributed by atoms with E-state index in [2.05, 4.69) is 4.74 Å². The molecule has 10 nitrogen and oxygen atoms in total. The van der Waals surface area contributed by atoms with Gasteiger partial charge in [-0.05, 0) is 37.3 Å². The normalized spacial score (nSPS) is 15.4. The summed E-state index contributed by atoms with van der Waals surface area (Å²) in [6, 6.07) is 8.71. The van der Waals surface area contributed by atoms with Crippen molar-refractivity contribution in [3.8, 4) is 17.2 Å². The van der Waals surface area contributed by atoms with Crippen molar-refractivity contribution < 1.29 is 42.2 Å². The Morgan fingerprint density at radius 3 is 2.53 bits per heavy atom. The van der Waals surface area contributed by atoms with E-state index in [0.717, 1.165) is 12.1 Å². The zero-order chi connectivity index (χ0) is 24.8. The van der Waals surface area contributed by atoms with Crippen molar-refractivity contribution in [1.29, 1.82) is 0 Å². The molecule has 0 aromatic heterocycles. The van der Waals surface area contributed by atoms with E-state index in [1.165, 1.54) is 12.0 Å². The van der Waals surface area contributed by atoms with Gasteiger partial charge >= 0.3 is 12.6 Å². The molecular formula is C22H22F2N2O8. The molecule has 1 atom stereocenters. The number of esters is 1. The lowest BCUT2D eigenvalue weighted by atomic mass is 10.1. The summed E-state index contributed by atoms with van der Waals surface area (Å²) >= 11 is 0. The number of nitro groups is 1. The van der Waals surface area contributed by atoms with Crippen molar-refractivity contribution in [2.75, 3.05) is 25.2 Å². The van der Waals surface area contributed by atoms with Crippen LogP contribution in [0.5, 0.6) is 17.2 Å². The number of amides is 1. The highest BCUT2D eigenvalue weighted by molar-refractivity contribution is 5.99. The molecule has 0 N–H and O–H groups in total. The summed E-state index contributed by atoms with van der Waals surface area (Å²) in [5, 5.41) is 11.4. The summed E-state index contributed by atoms with van der Waals surface area (Å²) in [6.07, 6.45) is -0.0847. The van der Waals surface area contributed by atoms with Crippen molar-refractivity contribution in [1.82, 2.24) is 0 Å². The molecule has 34 heavy (non-hydrogen) atoms. The molecule has 0 aliphatic carbocycles. The number of rotatable bonds is 10. The number of hydrogen-bond acceptors (Lipinski definition) is 8. The molecule has 1 saturated heterocycles. The van der Waals surface area contributed by atoms with Crippen LogP contribution < -0.4 is 19.1 Å². The van der Waals surface area contributed by atoms with Crippen LogP contribution in [0.25, 0.3) is 0 Å². The van der Waals surface area contributed by atoms with E-state index in [-0.39, 0.29) is 30.2 Å². The Balaban J connectivity index is 1.69. The SMILES string of the molecule is CCOc1ccc(N2CC(C(=O)OCc3cc(OC)c(OC(F)F)cc3[N+](=O)[O-])CC2=O)cc1. The number of nitrogens with zero attached hydrogens (tertiary/aromatic N) is 2. The van der Waals surface area contributed by atoms with Crippen molar-refractivity contribution in [3.05, 3.63) is 52.1 Å². The maximum absolute atomic E-state index is 12.6. The molecule has 2 aromatic rings. The average molecular weight is 480 g/mol. The first kappa shape index (κ1) is 24.7. The molecule has 1 fully saturated rings. The van der Waals surface area contributed by atoms with Gasteiger partial charge in [0.05, 0.1) is 36.2 Å². The number of hydrogen-bond donors (Lipinski definition) is 0. The molecule has 0 spiro atoms. The zero-order valence-electron chi connectivity index (χ0n) is 18.4. The Hall–Kier alpha value is -3.96. The summed E-state index contributed by atoms with van der Waals surface area (Å²) in [4.78, 5) is 37.0. The first-order valence-electron chi connectivity index (χ1n) is 10.2. The molecule has 12 heteroatoms. The number of carbonyl (C=O) groups is 2. The fourth-order valence-electron chi connectivity index (χ4n) is 3.50. The molecule has 1 heterocycles. The lowest BCUT2D eigenvalue weighted by Crippen LogP contribution is -2.26. The number of carbonyl (C=O) groups excluding carboxylic acids is 2. The van der Waals surface area contributed by atoms with Crippen molar-refractivity contribution in [3.63, 3.8) is 0 Å². The smallest absolute Gasteiger partial charge is 0.387 e. The fourth-order valence-corrected chi connectivity index (χ4v) is 3.50. The quantitative estimate of drug-likeness (QED) is 0.287. The number of ether oxygens (including phenoxy) is 4. The maximum Gasteiger partial charge on any atom is 0.387 e. The van der Waals surface area contributed by atoms with Gasteiger partial charge in [-0.1, -0.05) is 0 Å². The third-order valence-electron chi connectivity index (χ3n) is 5.07. The number of benzene rings is 2. The second-order valence-electron chi connectivity index (χ2n) is 7.21. The largest absolute Gasteiger partial charge is 0.494 e. The number of alkyl halides is 2. The van der Waals surface area contributed by atoms with Gasteiger partial charge in [0.25, 0.3) is 5.69 Å². The maximum atomic E-state index is 12.6. The van der Waals surface area contributed by atoms with Crippen LogP contribution in [0, 0.1) is 16.0 Å². The molecule has 2 aromatic carbocycles. The summed E-state index contributed by atoms with van der Waals surface area (Å²) in [6.45, 7) is -1.30. The summed E-state index contributed by atoms with van der Waals surface area (Å²) in [5.41, 5.74) is -0.0639. The van der Waals surface area contributed by atoms with Crippen LogP contribution in [-0.2, 0) is 20.9 Å². The van der Waals surface area contributed by atoms with Gasteiger partial charge in [0, 0.05) is 18.7 Å². The van der Waals surface area contributed by atoms with E-state index in [9.17, 15) is 28.5 Å². The molecular weight excluding hydrogens is 458 g/mol. The van der Waals surface area contributed by atoms with Crippen LogP contribution in [0.4, 0.5) is 20.2 Å². The molecule has 0 saturated carbocycles. The minimum Gasteiger partial charge on any atom is -0.494 e. The monoisotopic (exact) mass is 480 g/mol. The predicted molar refractivity (Wildman–Crippen MR) is 114 cm³/mol. The summed E-state index contributed by atoms with van der Waals surface area (Å²) in [7, 11) is 1.18. The van der Waals surface area contributed by atoms with Crippen molar-refractivity contribution >= 4 is 23.3 Å². The molecule has 1 aliphatic heterocycles. The zero-order valence-corrected chi connectivity index (χ0v) is 18.4. The molecule has 3 rings (SSSR count). The van der Waals surface area contributed by atoms with E-state index < -0.39 is 41.5 Å². The fraction of sp³-hybridized carbons (Fsp3) is 0.364. The molecule has 1 aliphatic rings. The van der Waals surface area contributed by atoms with Crippen molar-refractivity contribution in [2.24, 2.45) is 5.92 Å². The van der Waals surface area contributed by atoms with Gasteiger partial charge < -0.3 is 23.8 Å². The second kappa shape index (κ2) is 10.8. The Morgan fingerprint density at radius 2 is 1.94 bits per heavy atom. The Kier molecular flexibility index (Phi) is 7.82. The highest BCUT2D eigenvalue weighted by Gasteiger charge is 2.36. The van der Waals surface area contributed by atoms with E-state index >= 15 is 0 Å². The lowest BCUT2D eigenvalue weighted by Gasteiger charge is -2.17. The Morgan fingerprint density at radius 1 is 1.24 bits per heavy atom. The molecule has 1 amide bonds. The molecule has 0 bridgehead atoms. The third kappa shape index (κ3) is 5.69. The number of methoxy groups -OCH3 is 1. The van der Waals surface area contributed by atoms with Crippen LogP contribution in [-0.4, -0.2) is 43.7 Å². The Bertz CT molecular complexity index is 1060. The summed E-state index contributed by atoms with van der Waals surface area (Å²) in [5.74, 6) is -1.83. The number of anilines is 1. The van der Waals surface area contributed by atoms with Gasteiger partial charge in [0.15, 0.2) is 11.5 Å². The number of nitro benzene ring substituents is 1. The highest BCUT2D eigenvalue weighted by Crippen LogP contribution is 2.36. The standard InChI is InChI=1S/C22H22F2N2O8/c1-3-32-16-6-4-15(5-7-16)25-11-13(9-20(25)27)21(28)33-12-14-8-18(31-2)19(34-22(23)24)10-17(14)26(29)30/h4-8,10,13,22H,3,9,11-12H2,1-2H3. The van der Waals surface area contributed by atoms with Gasteiger partial charge in [0.2, 0.25) is 5.91 Å². The van der Waals surface area contributed by atoms with Gasteiger partial charge in [-0.3, -0.25) is 19.7 Å². The molecule has 0 radical (unpaired) electrons. The summed E-state index contributed by atoms with van der Waals surface area (Å²) < 4.78 is 45.0. The van der Waals surface area contributed by atoms with E-state index in [0.29, 0.717) is 18.0 Å². The minimum absolute atomic E-state index is 0.0792. The Labute approximate surface area is 193 Å². The molecule has 182 valence electrons. The molecule has 1 unspecified atom stereocenters. The van der Waals surface area contributed by atoms with Crippen LogP contribution in [0.3, 0.4) is 0 Å². The van der Waals surface area contributed by atoms with Crippen molar-refractivity contribution in [2.45, 2.75) is 26.6 Å². The first-order chi connectivity index (χ1) is 16.2. The topological polar surface area (TPSA) is 117 Å². The van der Waals surface area contributed by atoms with Gasteiger partial charge in [-0.25, -0.2) is 0 Å². The van der Waals surface area contributed by atoms with Crippen LogP contribution in [0.1, 0.15) is 18.9 Å². The van der Waals surface area contributed by atoms with Gasteiger partial charge in [-0.15, -0.1) is 0 Å². The highest BCUT2D eigenvalue weighted by atomic mass is 19.3. The van der Waals surface area contributed by atoms with Gasteiger partial charge in [-0.2, -0.15) is 8.78 Å². The van der Waals surface area contributed by atoms with Crippen LogP contribution in [0.15, 0.2) is 36.4 Å². The van der Waals surface area contributed by atoms with E-state index in [1.807, 2.05) is 6.92 Å². The number of halogens is 2. The van der Waals surface area contributed by atoms with E-state index in [4.69, 9.17) is 14.2 Å². The third-order valence-corrected chi connectivity index (χ3v) is 5.07. The van der Waals surface area contributed by atoms with Crippen LogP contribution in [0.2, 0.25) is 0 Å². The minimum atomic E-state index is -3.21. The van der Waals surface area contributed by atoms with Crippen LogP contribution >= 0.6 is 0 Å². The first-order valence-corrected chi connectivity index (χ1v) is 10.2. The lowest BCUT2D eigenvalue weighted by molar-refractivity contribution is -0.386. The predicted octanol–water partition coefficient (Wildman–Crippen LogP) is 3.70. The average Bonchev–Trinajstić information content (AvgIpc) is 3.19. The second-order valence-corrected chi connectivity index (χ2v) is 7.21.